The fourth-order valence-corrected chi connectivity index (χ4v) is 5.14. The summed E-state index contributed by atoms with van der Waals surface area (Å²) < 4.78 is 0. The van der Waals surface area contributed by atoms with Crippen LogP contribution in [0, 0.1) is 0 Å². The molecule has 3 amide bonds. The van der Waals surface area contributed by atoms with Crippen LogP contribution in [-0.2, 0) is 17.9 Å². The first kappa shape index (κ1) is 26.0. The van der Waals surface area contributed by atoms with Crippen LogP contribution < -0.4 is 20.9 Å². The van der Waals surface area contributed by atoms with E-state index in [0.717, 1.165) is 45.6 Å². The smallest absolute Gasteiger partial charge is 0.315 e. The molecular weight excluding hydrogens is 450 g/mol. The van der Waals surface area contributed by atoms with Gasteiger partial charge >= 0.3 is 6.03 Å². The SMILES string of the molecule is O=C(CCCNC(=O)NC1CCCCC1)NCc1ccccc1CN1CCN(c2ccccc2)CC1. The molecule has 0 bridgehead atoms. The van der Waals surface area contributed by atoms with Crippen LogP contribution in [0.4, 0.5) is 10.5 Å². The number of anilines is 1. The van der Waals surface area contributed by atoms with E-state index in [9.17, 15) is 9.59 Å². The minimum absolute atomic E-state index is 0.0239. The largest absolute Gasteiger partial charge is 0.369 e. The maximum absolute atomic E-state index is 12.4. The van der Waals surface area contributed by atoms with Gasteiger partial charge in [0.1, 0.15) is 0 Å². The van der Waals surface area contributed by atoms with Crippen molar-refractivity contribution in [2.75, 3.05) is 37.6 Å². The number of urea groups is 1. The molecule has 0 spiro atoms. The molecule has 36 heavy (non-hydrogen) atoms. The van der Waals surface area contributed by atoms with Crippen LogP contribution in [0.2, 0.25) is 0 Å². The third kappa shape index (κ3) is 8.26. The van der Waals surface area contributed by atoms with Gasteiger partial charge in [0, 0.05) is 64.0 Å². The highest BCUT2D eigenvalue weighted by molar-refractivity contribution is 5.76. The second kappa shape index (κ2) is 13.9. The Bertz CT molecular complexity index is 953. The Kier molecular flexibility index (Phi) is 10.0. The molecule has 1 aliphatic heterocycles. The van der Waals surface area contributed by atoms with Gasteiger partial charge in [0.2, 0.25) is 5.91 Å². The zero-order valence-electron chi connectivity index (χ0n) is 21.4. The van der Waals surface area contributed by atoms with Gasteiger partial charge in [-0.1, -0.05) is 61.7 Å². The van der Waals surface area contributed by atoms with E-state index in [0.29, 0.717) is 32.0 Å². The second-order valence-electron chi connectivity index (χ2n) is 9.98. The number of hydrogen-bond acceptors (Lipinski definition) is 4. The average Bonchev–Trinajstić information content (AvgIpc) is 2.92. The maximum Gasteiger partial charge on any atom is 0.315 e. The molecule has 0 unspecified atom stereocenters. The zero-order chi connectivity index (χ0) is 25.0. The van der Waals surface area contributed by atoms with Gasteiger partial charge in [-0.15, -0.1) is 0 Å². The van der Waals surface area contributed by atoms with Gasteiger partial charge in [-0.2, -0.15) is 0 Å². The van der Waals surface area contributed by atoms with Crippen molar-refractivity contribution in [2.45, 2.75) is 64.1 Å². The number of piperazine rings is 1. The molecule has 1 heterocycles. The molecule has 2 aliphatic rings. The van der Waals surface area contributed by atoms with Crippen LogP contribution >= 0.6 is 0 Å². The van der Waals surface area contributed by atoms with E-state index < -0.39 is 0 Å². The van der Waals surface area contributed by atoms with Gasteiger partial charge in [-0.05, 0) is 42.5 Å². The Labute approximate surface area is 215 Å². The molecule has 1 aliphatic carbocycles. The highest BCUT2D eigenvalue weighted by Crippen LogP contribution is 2.19. The topological polar surface area (TPSA) is 76.7 Å². The molecule has 0 atom stereocenters. The Hall–Kier alpha value is -3.06. The number of rotatable bonds is 10. The van der Waals surface area contributed by atoms with Crippen molar-refractivity contribution in [3.05, 3.63) is 65.7 Å². The van der Waals surface area contributed by atoms with Gasteiger partial charge in [-0.3, -0.25) is 9.69 Å². The van der Waals surface area contributed by atoms with E-state index >= 15 is 0 Å². The average molecular weight is 492 g/mol. The van der Waals surface area contributed by atoms with Crippen molar-refractivity contribution in [3.63, 3.8) is 0 Å². The lowest BCUT2D eigenvalue weighted by atomic mass is 9.96. The van der Waals surface area contributed by atoms with E-state index in [4.69, 9.17) is 0 Å². The normalized spacial score (nSPS) is 16.9. The summed E-state index contributed by atoms with van der Waals surface area (Å²) >= 11 is 0. The van der Waals surface area contributed by atoms with Gasteiger partial charge in [0.05, 0.1) is 0 Å². The Balaban J connectivity index is 1.14. The first-order chi connectivity index (χ1) is 17.7. The summed E-state index contributed by atoms with van der Waals surface area (Å²) in [6, 6.07) is 19.2. The van der Waals surface area contributed by atoms with Crippen molar-refractivity contribution in [1.82, 2.24) is 20.9 Å². The van der Waals surface area contributed by atoms with Crippen LogP contribution in [0.25, 0.3) is 0 Å². The lowest BCUT2D eigenvalue weighted by Crippen LogP contribution is -2.46. The maximum atomic E-state index is 12.4. The number of hydrogen-bond donors (Lipinski definition) is 3. The van der Waals surface area contributed by atoms with Gasteiger partial charge in [0.25, 0.3) is 0 Å². The molecule has 7 nitrogen and oxygen atoms in total. The van der Waals surface area contributed by atoms with Crippen molar-refractivity contribution >= 4 is 17.6 Å². The molecule has 2 fully saturated rings. The molecule has 1 saturated carbocycles. The molecule has 0 radical (unpaired) electrons. The summed E-state index contributed by atoms with van der Waals surface area (Å²) in [6.45, 7) is 6.04. The number of amides is 3. The van der Waals surface area contributed by atoms with Crippen LogP contribution in [-0.4, -0.2) is 55.6 Å². The summed E-state index contributed by atoms with van der Waals surface area (Å²) in [5, 5.41) is 9.00. The number of carbonyl (C=O) groups excluding carboxylic acids is 2. The third-order valence-electron chi connectivity index (χ3n) is 7.29. The Morgan fingerprint density at radius 3 is 2.25 bits per heavy atom. The van der Waals surface area contributed by atoms with Gasteiger partial charge in [0.15, 0.2) is 0 Å². The van der Waals surface area contributed by atoms with Crippen molar-refractivity contribution < 1.29 is 9.59 Å². The number of carbonyl (C=O) groups is 2. The van der Waals surface area contributed by atoms with Crippen LogP contribution in [0.3, 0.4) is 0 Å². The first-order valence-electron chi connectivity index (χ1n) is 13.6. The van der Waals surface area contributed by atoms with E-state index in [1.807, 2.05) is 6.07 Å². The number of benzene rings is 2. The van der Waals surface area contributed by atoms with Gasteiger partial charge in [-0.25, -0.2) is 4.79 Å². The minimum Gasteiger partial charge on any atom is -0.369 e. The molecule has 7 heteroatoms. The molecule has 1 saturated heterocycles. The molecule has 194 valence electrons. The number of nitrogens with one attached hydrogen (secondary N) is 3. The summed E-state index contributed by atoms with van der Waals surface area (Å²) in [7, 11) is 0. The third-order valence-corrected chi connectivity index (χ3v) is 7.29. The van der Waals surface area contributed by atoms with Crippen molar-refractivity contribution in [1.29, 1.82) is 0 Å². The molecule has 2 aromatic rings. The number of nitrogens with zero attached hydrogens (tertiary/aromatic N) is 2. The van der Waals surface area contributed by atoms with Crippen molar-refractivity contribution in [3.8, 4) is 0 Å². The van der Waals surface area contributed by atoms with E-state index in [2.05, 4.69) is 74.3 Å². The summed E-state index contributed by atoms with van der Waals surface area (Å²) in [5.41, 5.74) is 3.73. The van der Waals surface area contributed by atoms with Crippen molar-refractivity contribution in [2.24, 2.45) is 0 Å². The van der Waals surface area contributed by atoms with Gasteiger partial charge < -0.3 is 20.9 Å². The number of para-hydroxylation sites is 1. The zero-order valence-corrected chi connectivity index (χ0v) is 21.4. The second-order valence-corrected chi connectivity index (χ2v) is 9.98. The lowest BCUT2D eigenvalue weighted by Gasteiger charge is -2.36. The fourth-order valence-electron chi connectivity index (χ4n) is 5.14. The molecule has 0 aromatic heterocycles. The predicted molar refractivity (Wildman–Crippen MR) is 145 cm³/mol. The van der Waals surface area contributed by atoms with Crippen LogP contribution in [0.1, 0.15) is 56.1 Å². The minimum atomic E-state index is -0.110. The quantitative estimate of drug-likeness (QED) is 0.439. The highest BCUT2D eigenvalue weighted by atomic mass is 16.2. The van der Waals surface area contributed by atoms with Crippen LogP contribution in [0.5, 0.6) is 0 Å². The first-order valence-corrected chi connectivity index (χ1v) is 13.6. The Morgan fingerprint density at radius 2 is 1.50 bits per heavy atom. The monoisotopic (exact) mass is 491 g/mol. The van der Waals surface area contributed by atoms with E-state index in [-0.39, 0.29) is 11.9 Å². The highest BCUT2D eigenvalue weighted by Gasteiger charge is 2.18. The molecule has 4 rings (SSSR count). The summed E-state index contributed by atoms with van der Waals surface area (Å²) in [6.07, 6.45) is 6.84. The van der Waals surface area contributed by atoms with E-state index in [1.165, 1.54) is 36.1 Å². The summed E-state index contributed by atoms with van der Waals surface area (Å²) in [4.78, 5) is 29.4. The fraction of sp³-hybridized carbons (Fsp3) is 0.517. The standard InChI is InChI=1S/C29H41N5O2/c35-28(16-9-17-30-29(36)32-26-12-3-1-4-13-26)31-22-24-10-7-8-11-25(24)23-33-18-20-34(21-19-33)27-14-5-2-6-15-27/h2,5-8,10-11,14-15,26H,1,3-4,9,12-13,16-23H2,(H,31,35)(H2,30,32,36). The lowest BCUT2D eigenvalue weighted by molar-refractivity contribution is -0.121. The van der Waals surface area contributed by atoms with E-state index in [1.54, 1.807) is 0 Å². The summed E-state index contributed by atoms with van der Waals surface area (Å²) in [5.74, 6) is 0.0239. The molecular formula is C29H41N5O2. The molecule has 3 N–H and O–H groups in total. The Morgan fingerprint density at radius 1 is 0.806 bits per heavy atom. The predicted octanol–water partition coefficient (Wildman–Crippen LogP) is 4.04. The molecule has 2 aromatic carbocycles. The van der Waals surface area contributed by atoms with Crippen LogP contribution in [0.15, 0.2) is 54.6 Å².